The number of nitrogens with zero attached hydrogens (tertiary/aromatic N) is 1. The number of nitriles is 1. The third kappa shape index (κ3) is 3.07. The van der Waals surface area contributed by atoms with Crippen LogP contribution in [-0.2, 0) is 0 Å². The molecule has 0 atom stereocenters. The molecular weight excluding hydrogens is 341 g/mol. The zero-order chi connectivity index (χ0) is 11.4. The minimum Gasteiger partial charge on any atom is -0.193 e. The Morgan fingerprint density at radius 3 is 2.67 bits per heavy atom. The minimum atomic E-state index is 0.508. The minimum absolute atomic E-state index is 0.508. The molecule has 4 heteroatoms. The molecule has 0 bridgehead atoms. The Bertz CT molecular complexity index is 446. The van der Waals surface area contributed by atoms with E-state index >= 15 is 0 Å². The summed E-state index contributed by atoms with van der Waals surface area (Å²) in [5.74, 6) is 0. The fourth-order valence-corrected chi connectivity index (χ4v) is 2.36. The Morgan fingerprint density at radius 1 is 1.47 bits per heavy atom. The average molecular weight is 349 g/mol. The van der Waals surface area contributed by atoms with Crippen LogP contribution in [0.5, 0.6) is 0 Å². The Hall–Kier alpha value is -0.300. The molecule has 15 heavy (non-hydrogen) atoms. The summed E-state index contributed by atoms with van der Waals surface area (Å²) in [7, 11) is 0. The van der Waals surface area contributed by atoms with Crippen molar-refractivity contribution >= 4 is 48.5 Å². The van der Waals surface area contributed by atoms with Crippen molar-refractivity contribution in [1.29, 1.82) is 5.26 Å². The van der Waals surface area contributed by atoms with Crippen molar-refractivity contribution < 1.29 is 0 Å². The van der Waals surface area contributed by atoms with E-state index in [1.807, 2.05) is 25.1 Å². The second kappa shape index (κ2) is 5.69. The predicted octanol–water partition coefficient (Wildman–Crippen LogP) is 5.10. The highest BCUT2D eigenvalue weighted by Crippen LogP contribution is 2.32. The zero-order valence-corrected chi connectivity index (χ0v) is 11.9. The predicted molar refractivity (Wildman–Crippen MR) is 70.5 cm³/mol. The van der Waals surface area contributed by atoms with Gasteiger partial charge in [-0.15, -0.1) is 0 Å². The Labute approximate surface area is 111 Å². The maximum atomic E-state index is 8.90. The Balaban J connectivity index is 3.34. The molecule has 0 heterocycles. The van der Waals surface area contributed by atoms with Crippen molar-refractivity contribution in [3.63, 3.8) is 0 Å². The first-order valence-corrected chi connectivity index (χ1v) is 6.30. The molecule has 0 aliphatic rings. The molecule has 0 N–H and O–H groups in total. The second-order valence-electron chi connectivity index (χ2n) is 2.88. The molecule has 0 radical (unpaired) electrons. The van der Waals surface area contributed by atoms with Gasteiger partial charge in [-0.2, -0.15) is 5.26 Å². The van der Waals surface area contributed by atoms with Gasteiger partial charge in [0.25, 0.3) is 0 Å². The molecule has 0 fully saturated rings. The quantitative estimate of drug-likeness (QED) is 0.682. The SMILES string of the molecule is CC/C(C#N)=C(/Cl)c1cc(Br)ccc1Br. The highest BCUT2D eigenvalue weighted by molar-refractivity contribution is 9.11. The first-order valence-electron chi connectivity index (χ1n) is 4.34. The van der Waals surface area contributed by atoms with E-state index in [0.29, 0.717) is 17.0 Å². The van der Waals surface area contributed by atoms with Crippen LogP contribution in [0.15, 0.2) is 32.7 Å². The van der Waals surface area contributed by atoms with Gasteiger partial charge in [-0.25, -0.2) is 0 Å². The summed E-state index contributed by atoms with van der Waals surface area (Å²) in [4.78, 5) is 0. The van der Waals surface area contributed by atoms with E-state index in [0.717, 1.165) is 14.5 Å². The molecule has 1 aromatic rings. The van der Waals surface area contributed by atoms with Crippen molar-refractivity contribution in [3.8, 4) is 6.07 Å². The smallest absolute Gasteiger partial charge is 0.0962 e. The topological polar surface area (TPSA) is 23.8 Å². The summed E-state index contributed by atoms with van der Waals surface area (Å²) >= 11 is 12.9. The van der Waals surface area contributed by atoms with Crippen LogP contribution in [0.4, 0.5) is 0 Å². The maximum Gasteiger partial charge on any atom is 0.0962 e. The number of benzene rings is 1. The van der Waals surface area contributed by atoms with E-state index in [1.165, 1.54) is 0 Å². The lowest BCUT2D eigenvalue weighted by molar-refractivity contribution is 1.16. The van der Waals surface area contributed by atoms with E-state index in [9.17, 15) is 0 Å². The van der Waals surface area contributed by atoms with Gasteiger partial charge in [0.1, 0.15) is 0 Å². The molecule has 0 amide bonds. The monoisotopic (exact) mass is 347 g/mol. The van der Waals surface area contributed by atoms with Gasteiger partial charge in [0.2, 0.25) is 0 Å². The van der Waals surface area contributed by atoms with Gasteiger partial charge in [-0.3, -0.25) is 0 Å². The number of rotatable bonds is 2. The van der Waals surface area contributed by atoms with E-state index in [2.05, 4.69) is 37.9 Å². The molecule has 0 aromatic heterocycles. The van der Waals surface area contributed by atoms with Gasteiger partial charge in [-0.05, 0) is 24.6 Å². The van der Waals surface area contributed by atoms with Gasteiger partial charge in [0.15, 0.2) is 0 Å². The van der Waals surface area contributed by atoms with Crippen molar-refractivity contribution in [1.82, 2.24) is 0 Å². The van der Waals surface area contributed by atoms with Crippen LogP contribution >= 0.6 is 43.5 Å². The first-order chi connectivity index (χ1) is 7.10. The summed E-state index contributed by atoms with van der Waals surface area (Å²) < 4.78 is 1.82. The molecule has 0 spiro atoms. The summed E-state index contributed by atoms with van der Waals surface area (Å²) in [6.45, 7) is 1.91. The summed E-state index contributed by atoms with van der Waals surface area (Å²) in [5, 5.41) is 9.41. The lowest BCUT2D eigenvalue weighted by Crippen LogP contribution is -1.85. The molecule has 0 saturated carbocycles. The molecule has 0 aliphatic carbocycles. The molecule has 0 aliphatic heterocycles. The lowest BCUT2D eigenvalue weighted by atomic mass is 10.1. The van der Waals surface area contributed by atoms with Crippen LogP contribution in [0, 0.1) is 11.3 Å². The highest BCUT2D eigenvalue weighted by atomic mass is 79.9. The van der Waals surface area contributed by atoms with Crippen molar-refractivity contribution in [2.45, 2.75) is 13.3 Å². The molecule has 0 unspecified atom stereocenters. The van der Waals surface area contributed by atoms with Gasteiger partial charge in [-0.1, -0.05) is 50.4 Å². The maximum absolute atomic E-state index is 8.90. The van der Waals surface area contributed by atoms with Crippen LogP contribution in [0.25, 0.3) is 5.03 Å². The van der Waals surface area contributed by atoms with E-state index in [-0.39, 0.29) is 0 Å². The van der Waals surface area contributed by atoms with E-state index in [1.54, 1.807) is 0 Å². The third-order valence-electron chi connectivity index (χ3n) is 1.92. The Kier molecular flexibility index (Phi) is 4.85. The first kappa shape index (κ1) is 12.8. The number of halogens is 3. The molecular formula is C11H8Br2ClN. The summed E-state index contributed by atoms with van der Waals surface area (Å²) in [6.07, 6.45) is 0.633. The highest BCUT2D eigenvalue weighted by Gasteiger charge is 2.09. The normalized spacial score (nSPS) is 11.9. The largest absolute Gasteiger partial charge is 0.193 e. The molecule has 78 valence electrons. The number of hydrogen-bond donors (Lipinski definition) is 0. The van der Waals surface area contributed by atoms with Crippen LogP contribution < -0.4 is 0 Å². The van der Waals surface area contributed by atoms with Crippen LogP contribution in [0.1, 0.15) is 18.9 Å². The summed E-state index contributed by atoms with van der Waals surface area (Å²) in [6, 6.07) is 7.80. The average Bonchev–Trinajstić information content (AvgIpc) is 2.23. The van der Waals surface area contributed by atoms with Gasteiger partial charge in [0, 0.05) is 20.1 Å². The van der Waals surface area contributed by atoms with E-state index in [4.69, 9.17) is 16.9 Å². The number of hydrogen-bond acceptors (Lipinski definition) is 1. The lowest BCUT2D eigenvalue weighted by Gasteiger charge is -2.05. The summed E-state index contributed by atoms with van der Waals surface area (Å²) in [5.41, 5.74) is 1.43. The van der Waals surface area contributed by atoms with Crippen molar-refractivity contribution in [2.24, 2.45) is 0 Å². The fourth-order valence-electron chi connectivity index (χ4n) is 1.11. The zero-order valence-electron chi connectivity index (χ0n) is 8.02. The Morgan fingerprint density at radius 2 is 2.13 bits per heavy atom. The third-order valence-corrected chi connectivity index (χ3v) is 3.53. The van der Waals surface area contributed by atoms with Gasteiger partial charge >= 0.3 is 0 Å². The van der Waals surface area contributed by atoms with Gasteiger partial charge < -0.3 is 0 Å². The van der Waals surface area contributed by atoms with E-state index < -0.39 is 0 Å². The van der Waals surface area contributed by atoms with Crippen LogP contribution in [0.2, 0.25) is 0 Å². The fraction of sp³-hybridized carbons (Fsp3) is 0.182. The molecule has 1 aromatic carbocycles. The standard InChI is InChI=1S/C11H8Br2ClN/c1-2-7(6-15)11(14)9-5-8(12)3-4-10(9)13/h3-5H,2H2,1H3/b11-7-. The molecule has 1 rings (SSSR count). The molecule has 1 nitrogen and oxygen atoms in total. The van der Waals surface area contributed by atoms with Gasteiger partial charge in [0.05, 0.1) is 11.1 Å². The van der Waals surface area contributed by atoms with Crippen molar-refractivity contribution in [2.75, 3.05) is 0 Å². The van der Waals surface area contributed by atoms with Crippen LogP contribution in [-0.4, -0.2) is 0 Å². The van der Waals surface area contributed by atoms with Crippen LogP contribution in [0.3, 0.4) is 0 Å². The molecule has 0 saturated heterocycles. The number of allylic oxidation sites excluding steroid dienone is 1. The van der Waals surface area contributed by atoms with Crippen molar-refractivity contribution in [3.05, 3.63) is 38.3 Å². The second-order valence-corrected chi connectivity index (χ2v) is 5.03.